The highest BCUT2D eigenvalue weighted by Crippen LogP contribution is 2.32. The molecule has 1 atom stereocenters. The molecule has 2 aromatic rings. The van der Waals surface area contributed by atoms with Crippen molar-refractivity contribution in [3.63, 3.8) is 0 Å². The highest BCUT2D eigenvalue weighted by molar-refractivity contribution is 6.06. The van der Waals surface area contributed by atoms with Crippen LogP contribution in [0.3, 0.4) is 0 Å². The molecule has 2 aromatic carbocycles. The fourth-order valence-electron chi connectivity index (χ4n) is 7.09. The second-order valence-corrected chi connectivity index (χ2v) is 13.0. The van der Waals surface area contributed by atoms with Crippen molar-refractivity contribution in [3.8, 4) is 0 Å². The highest BCUT2D eigenvalue weighted by atomic mass is 16.2. The fourth-order valence-corrected chi connectivity index (χ4v) is 7.09. The monoisotopic (exact) mass is 643 g/mol. The summed E-state index contributed by atoms with van der Waals surface area (Å²) in [6.07, 6.45) is 4.44. The molecule has 12 heteroatoms. The van der Waals surface area contributed by atoms with Gasteiger partial charge in [-0.2, -0.15) is 0 Å². The lowest BCUT2D eigenvalue weighted by Crippen LogP contribution is -2.55. The van der Waals surface area contributed by atoms with Crippen LogP contribution in [0.1, 0.15) is 66.4 Å². The third-order valence-corrected chi connectivity index (χ3v) is 9.97. The van der Waals surface area contributed by atoms with Crippen LogP contribution in [0.4, 0.5) is 11.4 Å². The number of hydrogen-bond donors (Lipinski definition) is 2. The molecular weight excluding hydrogens is 598 g/mol. The smallest absolute Gasteiger partial charge is 0.255 e. The van der Waals surface area contributed by atoms with Gasteiger partial charge in [-0.3, -0.25) is 33.8 Å². The molecule has 250 valence electrons. The van der Waals surface area contributed by atoms with E-state index in [9.17, 15) is 24.0 Å². The summed E-state index contributed by atoms with van der Waals surface area (Å²) in [5.41, 5.74) is 9.84. The summed E-state index contributed by atoms with van der Waals surface area (Å²) in [6.45, 7) is 6.80. The maximum Gasteiger partial charge on any atom is 0.255 e. The summed E-state index contributed by atoms with van der Waals surface area (Å²) in [5.74, 6) is -1.02. The normalized spacial score (nSPS) is 20.5. The Morgan fingerprint density at radius 2 is 1.60 bits per heavy atom. The van der Waals surface area contributed by atoms with E-state index in [2.05, 4.69) is 27.2 Å². The van der Waals surface area contributed by atoms with Crippen molar-refractivity contribution in [1.82, 2.24) is 24.9 Å². The number of benzene rings is 2. The van der Waals surface area contributed by atoms with Crippen molar-refractivity contribution in [2.75, 3.05) is 63.0 Å². The number of likely N-dealkylation sites (tertiary alicyclic amines) is 2. The molecular formula is C35H45N7O5. The lowest BCUT2D eigenvalue weighted by Gasteiger charge is -2.36. The average Bonchev–Trinajstić information content (AvgIpc) is 3.44. The van der Waals surface area contributed by atoms with Gasteiger partial charge in [0, 0.05) is 107 Å². The van der Waals surface area contributed by atoms with Gasteiger partial charge < -0.3 is 25.8 Å². The van der Waals surface area contributed by atoms with Crippen molar-refractivity contribution >= 4 is 40.9 Å². The van der Waals surface area contributed by atoms with Crippen LogP contribution >= 0.6 is 0 Å². The molecule has 0 aliphatic carbocycles. The zero-order valence-electron chi connectivity index (χ0n) is 27.0. The molecule has 0 saturated carbocycles. The van der Waals surface area contributed by atoms with Crippen LogP contribution in [-0.2, 0) is 32.3 Å². The summed E-state index contributed by atoms with van der Waals surface area (Å²) in [7, 11) is 0. The van der Waals surface area contributed by atoms with Crippen molar-refractivity contribution < 1.29 is 24.0 Å². The van der Waals surface area contributed by atoms with Gasteiger partial charge in [-0.15, -0.1) is 0 Å². The van der Waals surface area contributed by atoms with E-state index in [1.54, 1.807) is 18.2 Å². The van der Waals surface area contributed by atoms with Crippen molar-refractivity contribution in [3.05, 3.63) is 59.2 Å². The maximum atomic E-state index is 13.3. The molecule has 0 aromatic heterocycles. The number of amides is 5. The van der Waals surface area contributed by atoms with Gasteiger partial charge in [0.15, 0.2) is 0 Å². The van der Waals surface area contributed by atoms with E-state index in [-0.39, 0.29) is 56.0 Å². The fraction of sp³-hybridized carbons (Fsp3) is 0.514. The number of hydrogen-bond acceptors (Lipinski definition) is 8. The molecule has 0 bridgehead atoms. The first-order chi connectivity index (χ1) is 22.8. The van der Waals surface area contributed by atoms with E-state index >= 15 is 0 Å². The summed E-state index contributed by atoms with van der Waals surface area (Å²) < 4.78 is 0. The van der Waals surface area contributed by atoms with Gasteiger partial charge in [-0.05, 0) is 55.5 Å². The van der Waals surface area contributed by atoms with Gasteiger partial charge in [-0.25, -0.2) is 0 Å². The second-order valence-electron chi connectivity index (χ2n) is 13.0. The molecule has 12 nitrogen and oxygen atoms in total. The minimum Gasteiger partial charge on any atom is -0.398 e. The van der Waals surface area contributed by atoms with E-state index in [0.717, 1.165) is 74.8 Å². The number of piperidine rings is 2. The summed E-state index contributed by atoms with van der Waals surface area (Å²) >= 11 is 0. The molecule has 4 heterocycles. The van der Waals surface area contributed by atoms with Crippen LogP contribution in [0, 0.1) is 0 Å². The molecule has 0 radical (unpaired) electrons. The van der Waals surface area contributed by atoms with Crippen molar-refractivity contribution in [2.24, 2.45) is 0 Å². The molecule has 4 aliphatic heterocycles. The molecule has 6 rings (SSSR count). The van der Waals surface area contributed by atoms with Crippen LogP contribution < -0.4 is 16.0 Å². The van der Waals surface area contributed by atoms with Crippen LogP contribution in [-0.4, -0.2) is 108 Å². The van der Waals surface area contributed by atoms with E-state index in [0.29, 0.717) is 29.8 Å². The van der Waals surface area contributed by atoms with Crippen LogP contribution in [0.25, 0.3) is 0 Å². The first-order valence-corrected chi connectivity index (χ1v) is 16.9. The van der Waals surface area contributed by atoms with Gasteiger partial charge in [-0.1, -0.05) is 18.2 Å². The molecule has 4 aliphatic rings. The predicted molar refractivity (Wildman–Crippen MR) is 177 cm³/mol. The molecule has 3 saturated heterocycles. The van der Waals surface area contributed by atoms with Crippen LogP contribution in [0.5, 0.6) is 0 Å². The van der Waals surface area contributed by atoms with Crippen molar-refractivity contribution in [1.29, 1.82) is 0 Å². The highest BCUT2D eigenvalue weighted by Gasteiger charge is 2.43. The first-order valence-electron chi connectivity index (χ1n) is 16.9. The van der Waals surface area contributed by atoms with Crippen molar-refractivity contribution in [2.45, 2.75) is 64.1 Å². The molecule has 3 N–H and O–H groups in total. The molecule has 1 unspecified atom stereocenters. The Labute approximate surface area is 275 Å². The Bertz CT molecular complexity index is 1500. The number of nitrogens with zero attached hydrogens (tertiary/aromatic N) is 5. The van der Waals surface area contributed by atoms with Crippen LogP contribution in [0.15, 0.2) is 42.5 Å². The molecule has 0 spiro atoms. The van der Waals surface area contributed by atoms with Gasteiger partial charge in [0.1, 0.15) is 6.04 Å². The molecule has 5 amide bonds. The number of nitrogens with one attached hydrogen (secondary N) is 1. The van der Waals surface area contributed by atoms with E-state index in [1.165, 1.54) is 11.3 Å². The predicted octanol–water partition coefficient (Wildman–Crippen LogP) is 1.97. The minimum atomic E-state index is -0.759. The topological polar surface area (TPSA) is 140 Å². The Morgan fingerprint density at radius 1 is 0.851 bits per heavy atom. The number of carbonyl (C=O) groups is 5. The third kappa shape index (κ3) is 7.43. The number of anilines is 2. The number of piperazine rings is 1. The third-order valence-electron chi connectivity index (χ3n) is 9.97. The Hall–Kier alpha value is -4.45. The number of nitrogens with two attached hydrogens (primary N) is 1. The average molecular weight is 644 g/mol. The SMILES string of the molecule is Nc1cccc2c1CN(C1CCC(=O)N(CCC(=O)NCc3ccc(N4CCN(CCC(=O)N5CCCCC5)CC4)cc3)C1=O)C2=O. The summed E-state index contributed by atoms with van der Waals surface area (Å²) in [5, 5.41) is 2.89. The number of nitrogen functional groups attached to an aromatic ring is 1. The van der Waals surface area contributed by atoms with Gasteiger partial charge in [0.25, 0.3) is 11.8 Å². The first kappa shape index (κ1) is 32.5. The van der Waals surface area contributed by atoms with E-state index in [4.69, 9.17) is 5.73 Å². The van der Waals surface area contributed by atoms with Gasteiger partial charge >= 0.3 is 0 Å². The number of carbonyl (C=O) groups excluding carboxylic acids is 5. The number of fused-ring (bicyclic) bond motifs is 1. The minimum absolute atomic E-state index is 0.0166. The zero-order valence-corrected chi connectivity index (χ0v) is 27.0. The Morgan fingerprint density at radius 3 is 2.32 bits per heavy atom. The van der Waals surface area contributed by atoms with E-state index in [1.807, 2.05) is 17.0 Å². The summed E-state index contributed by atoms with van der Waals surface area (Å²) in [4.78, 5) is 73.5. The Kier molecular flexibility index (Phi) is 10.1. The standard InChI is InChI=1S/C35H45N7O5/c36-29-6-4-5-27-28(29)24-42(34(27)46)30-11-12-33(45)41(35(30)47)18-13-31(43)37-23-25-7-9-26(10-8-25)39-21-19-38(20-22-39)17-14-32(44)40-15-2-1-3-16-40/h4-10,30H,1-3,11-24,36H2,(H,37,43). The quantitative estimate of drug-likeness (QED) is 0.296. The number of rotatable bonds is 10. The maximum absolute atomic E-state index is 13.3. The lowest BCUT2D eigenvalue weighted by atomic mass is 10.0. The second kappa shape index (κ2) is 14.5. The van der Waals surface area contributed by atoms with E-state index < -0.39 is 11.9 Å². The summed E-state index contributed by atoms with van der Waals surface area (Å²) in [6, 6.07) is 12.5. The van der Waals surface area contributed by atoms with Gasteiger partial charge in [0.05, 0.1) is 0 Å². The molecule has 3 fully saturated rings. The Balaban J connectivity index is 0.918. The largest absolute Gasteiger partial charge is 0.398 e. The van der Waals surface area contributed by atoms with Gasteiger partial charge in [0.2, 0.25) is 17.7 Å². The zero-order chi connectivity index (χ0) is 32.9. The van der Waals surface area contributed by atoms with Crippen LogP contribution in [0.2, 0.25) is 0 Å². The molecule has 47 heavy (non-hydrogen) atoms. The number of imide groups is 1. The lowest BCUT2D eigenvalue weighted by molar-refractivity contribution is -0.152.